The van der Waals surface area contributed by atoms with Crippen molar-refractivity contribution in [3.63, 3.8) is 0 Å². The molecule has 0 spiro atoms. The third kappa shape index (κ3) is 4.34. The van der Waals surface area contributed by atoms with Crippen LogP contribution in [0.1, 0.15) is 0 Å². The molecule has 1 heterocycles. The summed E-state index contributed by atoms with van der Waals surface area (Å²) in [6.45, 7) is -0.379. The number of benzene rings is 2. The minimum atomic E-state index is -0.901. The molecule has 2 N–H and O–H groups in total. The van der Waals surface area contributed by atoms with Crippen molar-refractivity contribution in [1.29, 1.82) is 0 Å². The molecule has 1 aliphatic rings. The molecule has 0 aliphatic carbocycles. The highest BCUT2D eigenvalue weighted by molar-refractivity contribution is 6.30. The summed E-state index contributed by atoms with van der Waals surface area (Å²) < 4.78 is 29.1. The van der Waals surface area contributed by atoms with E-state index in [4.69, 9.17) is 25.8 Å². The molecule has 2 aromatic carbocycles. The molecule has 2 aromatic rings. The van der Waals surface area contributed by atoms with Gasteiger partial charge in [0.05, 0.1) is 5.02 Å². The normalized spacial score (nSPS) is 15.1. The minimum Gasteiger partial charge on any atom is -0.485 e. The molecule has 0 saturated heterocycles. The van der Waals surface area contributed by atoms with Gasteiger partial charge in [0.1, 0.15) is 18.2 Å². The maximum atomic E-state index is 13.0. The molecule has 7 nitrogen and oxygen atoms in total. The fourth-order valence-electron chi connectivity index (χ4n) is 2.11. The van der Waals surface area contributed by atoms with E-state index in [1.807, 2.05) is 0 Å². The first-order chi connectivity index (χ1) is 12.5. The summed E-state index contributed by atoms with van der Waals surface area (Å²) in [5.74, 6) is -0.562. The first kappa shape index (κ1) is 17.8. The molecule has 2 amide bonds. The molecular formula is C17H14ClFN2O5. The standard InChI is InChI=1S/C17H14ClFN2O5/c18-11-7-10(5-6-12(11)19)24-9-16(22)20-21-17(23)15-8-25-13-3-1-2-4-14(13)26-15/h1-7,15H,8-9H2,(H,20,22)(H,21,23)/t15-/m1/s1. The second kappa shape index (κ2) is 7.92. The lowest BCUT2D eigenvalue weighted by Crippen LogP contribution is -2.51. The van der Waals surface area contributed by atoms with E-state index >= 15 is 0 Å². The van der Waals surface area contributed by atoms with Crippen LogP contribution >= 0.6 is 11.6 Å². The molecule has 0 bridgehead atoms. The average Bonchev–Trinajstić information content (AvgIpc) is 2.66. The first-order valence-corrected chi connectivity index (χ1v) is 7.96. The van der Waals surface area contributed by atoms with E-state index < -0.39 is 30.3 Å². The predicted octanol–water partition coefficient (Wildman–Crippen LogP) is 1.85. The Bertz CT molecular complexity index is 833. The number of ether oxygens (including phenoxy) is 3. The Labute approximate surface area is 153 Å². The number of carbonyl (C=O) groups is 2. The Hall–Kier alpha value is -3.00. The van der Waals surface area contributed by atoms with Crippen LogP contribution < -0.4 is 25.1 Å². The highest BCUT2D eigenvalue weighted by atomic mass is 35.5. The van der Waals surface area contributed by atoms with Crippen LogP contribution in [0, 0.1) is 5.82 Å². The quantitative estimate of drug-likeness (QED) is 0.791. The van der Waals surface area contributed by atoms with Gasteiger partial charge in [-0.1, -0.05) is 23.7 Å². The zero-order valence-corrected chi connectivity index (χ0v) is 14.1. The number of carbonyl (C=O) groups excluding carboxylic acids is 2. The van der Waals surface area contributed by atoms with Crippen molar-refractivity contribution >= 4 is 23.4 Å². The average molecular weight is 381 g/mol. The van der Waals surface area contributed by atoms with Gasteiger partial charge in [-0.25, -0.2) is 4.39 Å². The minimum absolute atomic E-state index is 0.0172. The lowest BCUT2D eigenvalue weighted by atomic mass is 10.2. The fraction of sp³-hybridized carbons (Fsp3) is 0.176. The Kier molecular flexibility index (Phi) is 5.43. The molecule has 3 rings (SSSR count). The van der Waals surface area contributed by atoms with Crippen LogP contribution in [0.5, 0.6) is 17.2 Å². The van der Waals surface area contributed by atoms with Gasteiger partial charge < -0.3 is 14.2 Å². The van der Waals surface area contributed by atoms with Gasteiger partial charge in [-0.05, 0) is 24.3 Å². The number of nitrogens with one attached hydrogen (secondary N) is 2. The van der Waals surface area contributed by atoms with Crippen molar-refractivity contribution in [2.45, 2.75) is 6.10 Å². The molecule has 1 aliphatic heterocycles. The monoisotopic (exact) mass is 380 g/mol. The summed E-state index contributed by atoms with van der Waals surface area (Å²) in [4.78, 5) is 23.8. The molecule has 9 heteroatoms. The van der Waals surface area contributed by atoms with Gasteiger partial charge >= 0.3 is 0 Å². The molecule has 136 valence electrons. The topological polar surface area (TPSA) is 85.9 Å². The summed E-state index contributed by atoms with van der Waals surface area (Å²) in [5.41, 5.74) is 4.42. The van der Waals surface area contributed by atoms with E-state index in [-0.39, 0.29) is 17.4 Å². The smallest absolute Gasteiger partial charge is 0.283 e. The molecule has 0 fully saturated rings. The first-order valence-electron chi connectivity index (χ1n) is 7.58. The lowest BCUT2D eigenvalue weighted by molar-refractivity contribution is -0.135. The second-order valence-corrected chi connectivity index (χ2v) is 5.67. The van der Waals surface area contributed by atoms with E-state index in [0.717, 1.165) is 6.07 Å². The largest absolute Gasteiger partial charge is 0.485 e. The van der Waals surface area contributed by atoms with Crippen molar-refractivity contribution in [3.8, 4) is 17.2 Å². The number of halogens is 2. The van der Waals surface area contributed by atoms with Crippen molar-refractivity contribution in [3.05, 3.63) is 53.3 Å². The molecule has 0 saturated carbocycles. The van der Waals surface area contributed by atoms with E-state index in [1.165, 1.54) is 12.1 Å². The fourth-order valence-corrected chi connectivity index (χ4v) is 2.28. The molecule has 1 atom stereocenters. The van der Waals surface area contributed by atoms with Crippen LogP contribution in [-0.4, -0.2) is 31.1 Å². The van der Waals surface area contributed by atoms with E-state index in [1.54, 1.807) is 24.3 Å². The number of fused-ring (bicyclic) bond motifs is 1. The number of para-hydroxylation sites is 2. The third-order valence-corrected chi connectivity index (χ3v) is 3.68. The van der Waals surface area contributed by atoms with Gasteiger partial charge in [0.25, 0.3) is 11.8 Å². The van der Waals surface area contributed by atoms with Crippen molar-refractivity contribution < 1.29 is 28.2 Å². The maximum Gasteiger partial charge on any atom is 0.283 e. The Balaban J connectivity index is 1.44. The number of amides is 2. The molecule has 0 aromatic heterocycles. The summed E-state index contributed by atoms with van der Waals surface area (Å²) in [5, 5.41) is -0.120. The highest BCUT2D eigenvalue weighted by Crippen LogP contribution is 2.30. The number of hydrazine groups is 1. The zero-order valence-electron chi connectivity index (χ0n) is 13.3. The summed E-state index contributed by atoms with van der Waals surface area (Å²) in [6.07, 6.45) is -0.901. The van der Waals surface area contributed by atoms with Gasteiger partial charge in [-0.15, -0.1) is 0 Å². The molecule has 26 heavy (non-hydrogen) atoms. The molecular weight excluding hydrogens is 367 g/mol. The number of hydrogen-bond acceptors (Lipinski definition) is 5. The molecule has 0 unspecified atom stereocenters. The van der Waals surface area contributed by atoms with Crippen molar-refractivity contribution in [2.75, 3.05) is 13.2 Å². The van der Waals surface area contributed by atoms with Gasteiger partial charge in [0.15, 0.2) is 18.1 Å². The van der Waals surface area contributed by atoms with Crippen LogP contribution in [-0.2, 0) is 9.59 Å². The van der Waals surface area contributed by atoms with E-state index in [9.17, 15) is 14.0 Å². The highest BCUT2D eigenvalue weighted by Gasteiger charge is 2.27. The zero-order chi connectivity index (χ0) is 18.5. The predicted molar refractivity (Wildman–Crippen MR) is 89.5 cm³/mol. The Morgan fingerprint density at radius 2 is 1.96 bits per heavy atom. The summed E-state index contributed by atoms with van der Waals surface area (Å²) >= 11 is 5.62. The second-order valence-electron chi connectivity index (χ2n) is 5.27. The Morgan fingerprint density at radius 1 is 1.19 bits per heavy atom. The van der Waals surface area contributed by atoms with Gasteiger partial charge in [-0.3, -0.25) is 20.4 Å². The summed E-state index contributed by atoms with van der Waals surface area (Å²) in [6, 6.07) is 10.6. The van der Waals surface area contributed by atoms with E-state index in [0.29, 0.717) is 11.5 Å². The van der Waals surface area contributed by atoms with Crippen LogP contribution in [0.4, 0.5) is 4.39 Å². The van der Waals surface area contributed by atoms with Crippen LogP contribution in [0.2, 0.25) is 5.02 Å². The van der Waals surface area contributed by atoms with Crippen LogP contribution in [0.15, 0.2) is 42.5 Å². The Morgan fingerprint density at radius 3 is 2.73 bits per heavy atom. The lowest BCUT2D eigenvalue weighted by Gasteiger charge is -2.25. The molecule has 0 radical (unpaired) electrons. The summed E-state index contributed by atoms with van der Waals surface area (Å²) in [7, 11) is 0. The third-order valence-electron chi connectivity index (χ3n) is 3.39. The number of rotatable bonds is 4. The van der Waals surface area contributed by atoms with Gasteiger partial charge in [-0.2, -0.15) is 0 Å². The van der Waals surface area contributed by atoms with Crippen molar-refractivity contribution in [1.82, 2.24) is 10.9 Å². The van der Waals surface area contributed by atoms with Crippen LogP contribution in [0.3, 0.4) is 0 Å². The van der Waals surface area contributed by atoms with Crippen LogP contribution in [0.25, 0.3) is 0 Å². The van der Waals surface area contributed by atoms with Crippen molar-refractivity contribution in [2.24, 2.45) is 0 Å². The van der Waals surface area contributed by atoms with E-state index in [2.05, 4.69) is 10.9 Å². The SMILES string of the molecule is O=C(COc1ccc(F)c(Cl)c1)NNC(=O)[C@H]1COc2ccccc2O1. The van der Waals surface area contributed by atoms with Gasteiger partial charge in [0.2, 0.25) is 6.10 Å². The number of hydrogen-bond donors (Lipinski definition) is 2. The van der Waals surface area contributed by atoms with Gasteiger partial charge in [0, 0.05) is 6.07 Å². The maximum absolute atomic E-state index is 13.0.